The molecule has 2 nitrogen and oxygen atoms in total. The Morgan fingerprint density at radius 3 is 2.67 bits per heavy atom. The van der Waals surface area contributed by atoms with E-state index >= 15 is 0 Å². The standard InChI is InChI=1S/C12H17BO2/c1-8(2)15-11-6-4-5-9(3)12(11)10(14)7-13/h4-6,8H,7,13H2,1-3H3. The first kappa shape index (κ1) is 11.8. The Kier molecular flexibility index (Phi) is 3.95. The third-order valence-corrected chi connectivity index (χ3v) is 2.20. The first-order chi connectivity index (χ1) is 7.06. The molecule has 15 heavy (non-hydrogen) atoms. The number of aryl methyl sites for hydroxylation is 1. The molecule has 0 aliphatic rings. The van der Waals surface area contributed by atoms with Gasteiger partial charge in [0.25, 0.3) is 0 Å². The van der Waals surface area contributed by atoms with Crippen molar-refractivity contribution >= 4 is 13.6 Å². The van der Waals surface area contributed by atoms with E-state index in [9.17, 15) is 4.79 Å². The van der Waals surface area contributed by atoms with Crippen molar-refractivity contribution in [2.75, 3.05) is 0 Å². The highest BCUT2D eigenvalue weighted by Gasteiger charge is 2.14. The molecule has 0 aliphatic heterocycles. The zero-order chi connectivity index (χ0) is 11.4. The minimum absolute atomic E-state index is 0.0928. The van der Waals surface area contributed by atoms with Crippen LogP contribution in [0.4, 0.5) is 0 Å². The van der Waals surface area contributed by atoms with Crippen molar-refractivity contribution in [3.63, 3.8) is 0 Å². The van der Waals surface area contributed by atoms with Gasteiger partial charge in [0.1, 0.15) is 13.6 Å². The highest BCUT2D eigenvalue weighted by atomic mass is 16.5. The van der Waals surface area contributed by atoms with Crippen molar-refractivity contribution in [3.05, 3.63) is 29.3 Å². The van der Waals surface area contributed by atoms with Crippen LogP contribution in [0.1, 0.15) is 29.8 Å². The fourth-order valence-electron chi connectivity index (χ4n) is 1.53. The van der Waals surface area contributed by atoms with Gasteiger partial charge in [-0.1, -0.05) is 12.1 Å². The Morgan fingerprint density at radius 1 is 1.47 bits per heavy atom. The third-order valence-electron chi connectivity index (χ3n) is 2.20. The Bertz CT molecular complexity index is 359. The highest BCUT2D eigenvalue weighted by molar-refractivity contribution is 6.24. The summed E-state index contributed by atoms with van der Waals surface area (Å²) in [6.07, 6.45) is 0.606. The molecule has 1 aromatic carbocycles. The fourth-order valence-corrected chi connectivity index (χ4v) is 1.53. The van der Waals surface area contributed by atoms with Gasteiger partial charge in [0.2, 0.25) is 0 Å². The number of hydrogen-bond acceptors (Lipinski definition) is 2. The smallest absolute Gasteiger partial charge is 0.159 e. The van der Waals surface area contributed by atoms with Gasteiger partial charge in [0.05, 0.1) is 11.7 Å². The summed E-state index contributed by atoms with van der Waals surface area (Å²) in [4.78, 5) is 11.8. The maximum Gasteiger partial charge on any atom is 0.159 e. The molecule has 0 aliphatic carbocycles. The lowest BCUT2D eigenvalue weighted by Gasteiger charge is -2.14. The van der Waals surface area contributed by atoms with Crippen LogP contribution in [0.15, 0.2) is 18.2 Å². The van der Waals surface area contributed by atoms with Crippen LogP contribution in [0, 0.1) is 6.92 Å². The molecule has 0 fully saturated rings. The largest absolute Gasteiger partial charge is 0.490 e. The van der Waals surface area contributed by atoms with Crippen molar-refractivity contribution in [1.29, 1.82) is 0 Å². The molecule has 0 spiro atoms. The van der Waals surface area contributed by atoms with Crippen molar-refractivity contribution in [2.45, 2.75) is 33.2 Å². The maximum atomic E-state index is 11.8. The second-order valence-electron chi connectivity index (χ2n) is 3.89. The van der Waals surface area contributed by atoms with E-state index in [4.69, 9.17) is 4.74 Å². The molecule has 0 saturated carbocycles. The van der Waals surface area contributed by atoms with E-state index in [0.29, 0.717) is 12.1 Å². The summed E-state index contributed by atoms with van der Waals surface area (Å²) >= 11 is 0. The second-order valence-corrected chi connectivity index (χ2v) is 3.89. The first-order valence-electron chi connectivity index (χ1n) is 5.35. The Hall–Kier alpha value is -1.25. The average Bonchev–Trinajstić information content (AvgIpc) is 2.16. The molecule has 0 unspecified atom stereocenters. The maximum absolute atomic E-state index is 11.8. The predicted octanol–water partition coefficient (Wildman–Crippen LogP) is 2.02. The molecule has 3 heteroatoms. The molecule has 0 saturated heterocycles. The molecule has 1 aromatic rings. The van der Waals surface area contributed by atoms with Crippen molar-refractivity contribution in [3.8, 4) is 5.75 Å². The molecule has 0 N–H and O–H groups in total. The molecule has 0 amide bonds. The summed E-state index contributed by atoms with van der Waals surface area (Å²) in [5.74, 6) is 0.848. The van der Waals surface area contributed by atoms with Crippen LogP contribution in [0.2, 0.25) is 6.32 Å². The topological polar surface area (TPSA) is 26.3 Å². The fraction of sp³-hybridized carbons (Fsp3) is 0.417. The van der Waals surface area contributed by atoms with E-state index in [2.05, 4.69) is 0 Å². The van der Waals surface area contributed by atoms with Gasteiger partial charge in [-0.15, -0.1) is 0 Å². The quantitative estimate of drug-likeness (QED) is 0.553. The normalized spacial score (nSPS) is 10.4. The van der Waals surface area contributed by atoms with Crippen LogP contribution >= 0.6 is 0 Å². The van der Waals surface area contributed by atoms with E-state index in [0.717, 1.165) is 11.1 Å². The molecular formula is C12H17BO2. The summed E-state index contributed by atoms with van der Waals surface area (Å²) in [7, 11) is 1.87. The number of Topliss-reactive ketones (excluding diaryl/α,β-unsaturated/α-hetero) is 1. The van der Waals surface area contributed by atoms with Gasteiger partial charge in [-0.05, 0) is 38.7 Å². The van der Waals surface area contributed by atoms with Crippen LogP contribution in [0.25, 0.3) is 0 Å². The lowest BCUT2D eigenvalue weighted by molar-refractivity contribution is 0.101. The number of carbonyl (C=O) groups excluding carboxylic acids is 1. The molecule has 80 valence electrons. The zero-order valence-corrected chi connectivity index (χ0v) is 9.83. The summed E-state index contributed by atoms with van der Waals surface area (Å²) in [5.41, 5.74) is 1.72. The molecule has 0 atom stereocenters. The van der Waals surface area contributed by atoms with Gasteiger partial charge >= 0.3 is 0 Å². The molecule has 0 bridgehead atoms. The van der Waals surface area contributed by atoms with Gasteiger partial charge in [0.15, 0.2) is 5.78 Å². The Balaban J connectivity index is 3.14. The summed E-state index contributed by atoms with van der Waals surface area (Å²) in [5, 5.41) is 0. The van der Waals surface area contributed by atoms with Crippen LogP contribution in [0.5, 0.6) is 5.75 Å². The molecular weight excluding hydrogens is 187 g/mol. The molecule has 0 aromatic heterocycles. The van der Waals surface area contributed by atoms with Crippen LogP contribution in [-0.2, 0) is 0 Å². The summed E-state index contributed by atoms with van der Waals surface area (Å²) in [6.45, 7) is 5.86. The number of rotatable bonds is 4. The number of benzene rings is 1. The minimum Gasteiger partial charge on any atom is -0.490 e. The summed E-state index contributed by atoms with van der Waals surface area (Å²) < 4.78 is 5.63. The summed E-state index contributed by atoms with van der Waals surface area (Å²) in [6, 6.07) is 5.71. The highest BCUT2D eigenvalue weighted by Crippen LogP contribution is 2.24. The predicted molar refractivity (Wildman–Crippen MR) is 64.6 cm³/mol. The number of ether oxygens (including phenoxy) is 1. The lowest BCUT2D eigenvalue weighted by atomic mass is 9.93. The number of carbonyl (C=O) groups is 1. The van der Waals surface area contributed by atoms with Gasteiger partial charge in [-0.2, -0.15) is 0 Å². The van der Waals surface area contributed by atoms with Crippen molar-refractivity contribution in [2.24, 2.45) is 0 Å². The van der Waals surface area contributed by atoms with Crippen molar-refractivity contribution in [1.82, 2.24) is 0 Å². The minimum atomic E-state index is 0.0928. The van der Waals surface area contributed by atoms with E-state index in [1.165, 1.54) is 0 Å². The van der Waals surface area contributed by atoms with Crippen LogP contribution in [-0.4, -0.2) is 19.7 Å². The van der Waals surface area contributed by atoms with Crippen LogP contribution < -0.4 is 4.74 Å². The van der Waals surface area contributed by atoms with E-state index in [1.54, 1.807) is 0 Å². The molecule has 0 radical (unpaired) electrons. The van der Waals surface area contributed by atoms with E-state index in [-0.39, 0.29) is 11.9 Å². The first-order valence-corrected chi connectivity index (χ1v) is 5.35. The van der Waals surface area contributed by atoms with Crippen molar-refractivity contribution < 1.29 is 9.53 Å². The number of ketones is 1. The van der Waals surface area contributed by atoms with E-state index in [1.807, 2.05) is 46.8 Å². The second kappa shape index (κ2) is 5.01. The lowest BCUT2D eigenvalue weighted by Crippen LogP contribution is -2.11. The van der Waals surface area contributed by atoms with Gasteiger partial charge < -0.3 is 4.74 Å². The van der Waals surface area contributed by atoms with Crippen LogP contribution in [0.3, 0.4) is 0 Å². The molecule has 1 rings (SSSR count). The monoisotopic (exact) mass is 204 g/mol. The molecule has 0 heterocycles. The Labute approximate surface area is 92.0 Å². The third kappa shape index (κ3) is 2.85. The SMILES string of the molecule is BCC(=O)c1c(C)cccc1OC(C)C. The average molecular weight is 204 g/mol. The van der Waals surface area contributed by atoms with Gasteiger partial charge in [-0.3, -0.25) is 4.79 Å². The zero-order valence-electron chi connectivity index (χ0n) is 9.83. The van der Waals surface area contributed by atoms with E-state index < -0.39 is 0 Å². The van der Waals surface area contributed by atoms with Gasteiger partial charge in [-0.25, -0.2) is 0 Å². The number of hydrogen-bond donors (Lipinski definition) is 0. The Morgan fingerprint density at radius 2 is 2.13 bits per heavy atom. The van der Waals surface area contributed by atoms with Gasteiger partial charge in [0, 0.05) is 0 Å².